The molecular formula is C10H4F3N2. The van der Waals surface area contributed by atoms with Crippen LogP contribution in [0, 0.1) is 23.6 Å². The summed E-state index contributed by atoms with van der Waals surface area (Å²) in [5.41, 5.74) is -0.0664. The van der Waals surface area contributed by atoms with Crippen molar-refractivity contribution in [1.82, 2.24) is 10.2 Å². The van der Waals surface area contributed by atoms with Crippen LogP contribution in [-0.2, 0) is 0 Å². The van der Waals surface area contributed by atoms with Gasteiger partial charge in [0.05, 0.1) is 6.20 Å². The van der Waals surface area contributed by atoms with Crippen LogP contribution in [0.4, 0.5) is 13.2 Å². The van der Waals surface area contributed by atoms with Crippen LogP contribution in [0.1, 0.15) is 0 Å². The van der Waals surface area contributed by atoms with Crippen molar-refractivity contribution in [2.45, 2.75) is 0 Å². The Kier molecular flexibility index (Phi) is 2.37. The van der Waals surface area contributed by atoms with Crippen LogP contribution in [0.2, 0.25) is 0 Å². The molecule has 15 heavy (non-hydrogen) atoms. The third-order valence-corrected chi connectivity index (χ3v) is 1.82. The molecule has 1 radical (unpaired) electrons. The molecule has 0 aliphatic heterocycles. The van der Waals surface area contributed by atoms with E-state index in [9.17, 15) is 13.2 Å². The summed E-state index contributed by atoms with van der Waals surface area (Å²) in [6.45, 7) is 0. The van der Waals surface area contributed by atoms with Gasteiger partial charge in [-0.2, -0.15) is 5.10 Å². The highest BCUT2D eigenvalue weighted by molar-refractivity contribution is 5.62. The van der Waals surface area contributed by atoms with Crippen molar-refractivity contribution < 1.29 is 13.2 Å². The molecule has 0 aliphatic carbocycles. The van der Waals surface area contributed by atoms with E-state index >= 15 is 0 Å². The maximum absolute atomic E-state index is 13.3. The molecule has 0 bridgehead atoms. The van der Waals surface area contributed by atoms with E-state index in [1.54, 1.807) is 0 Å². The van der Waals surface area contributed by atoms with Gasteiger partial charge in [-0.25, -0.2) is 13.2 Å². The summed E-state index contributed by atoms with van der Waals surface area (Å²) in [4.78, 5) is 0. The number of aromatic nitrogens is 2. The van der Waals surface area contributed by atoms with E-state index in [2.05, 4.69) is 16.4 Å². The first-order valence-corrected chi connectivity index (χ1v) is 4.03. The molecule has 0 atom stereocenters. The number of hydrogen-bond donors (Lipinski definition) is 0. The van der Waals surface area contributed by atoms with E-state index in [4.69, 9.17) is 0 Å². The first-order valence-electron chi connectivity index (χ1n) is 4.03. The molecule has 75 valence electrons. The topological polar surface area (TPSA) is 25.8 Å². The van der Waals surface area contributed by atoms with Crippen molar-refractivity contribution in [2.75, 3.05) is 0 Å². The van der Waals surface area contributed by atoms with Gasteiger partial charge < -0.3 is 0 Å². The Morgan fingerprint density at radius 2 is 1.93 bits per heavy atom. The van der Waals surface area contributed by atoms with E-state index < -0.39 is 17.5 Å². The highest BCUT2D eigenvalue weighted by Gasteiger charge is 2.12. The average Bonchev–Trinajstić information content (AvgIpc) is 2.24. The Labute approximate surface area is 83.4 Å². The average molecular weight is 209 g/mol. The summed E-state index contributed by atoms with van der Waals surface area (Å²) in [5.74, 6) is -3.22. The van der Waals surface area contributed by atoms with Crippen molar-refractivity contribution >= 4 is 0 Å². The Morgan fingerprint density at radius 1 is 1.13 bits per heavy atom. The summed E-state index contributed by atoms with van der Waals surface area (Å²) in [6, 6.07) is 2.73. The number of benzene rings is 1. The summed E-state index contributed by atoms with van der Waals surface area (Å²) in [5, 5.41) is 6.80. The second-order valence-corrected chi connectivity index (χ2v) is 2.81. The molecule has 0 amide bonds. The number of nitrogens with zero attached hydrogens (tertiary/aromatic N) is 2. The Bertz CT molecular complexity index is 486. The largest absolute Gasteiger partial charge is 0.207 e. The number of hydrogen-bond acceptors (Lipinski definition) is 2. The standard InChI is InChI=1S/C10H4F3N2/c11-7-3-8(10(13)9(12)4-7)6-1-2-14-15-5-6/h1-4H. The van der Waals surface area contributed by atoms with Gasteiger partial charge in [-0.1, -0.05) is 0 Å². The van der Waals surface area contributed by atoms with Crippen LogP contribution in [0.3, 0.4) is 0 Å². The first kappa shape index (κ1) is 9.64. The molecular weight excluding hydrogens is 205 g/mol. The van der Waals surface area contributed by atoms with Crippen molar-refractivity contribution in [3.8, 4) is 11.1 Å². The fourth-order valence-electron chi connectivity index (χ4n) is 1.16. The minimum atomic E-state index is -1.24. The van der Waals surface area contributed by atoms with Gasteiger partial charge in [-0.05, 0) is 12.1 Å². The SMILES string of the molecule is Fc1cc(F)c(F)c(-c2[c]nncc2)c1. The summed E-state index contributed by atoms with van der Waals surface area (Å²) in [7, 11) is 0. The zero-order valence-corrected chi connectivity index (χ0v) is 7.34. The molecule has 0 saturated heterocycles. The molecule has 0 aliphatic rings. The van der Waals surface area contributed by atoms with Gasteiger partial charge in [0.2, 0.25) is 0 Å². The predicted octanol–water partition coefficient (Wildman–Crippen LogP) is 2.36. The highest BCUT2D eigenvalue weighted by atomic mass is 19.2. The van der Waals surface area contributed by atoms with Gasteiger partial charge in [0.1, 0.15) is 12.0 Å². The molecule has 2 aromatic rings. The lowest BCUT2D eigenvalue weighted by molar-refractivity contribution is 0.497. The van der Waals surface area contributed by atoms with E-state index in [1.165, 1.54) is 12.3 Å². The molecule has 5 heteroatoms. The summed E-state index contributed by atoms with van der Waals surface area (Å²) >= 11 is 0. The van der Waals surface area contributed by atoms with E-state index in [0.717, 1.165) is 6.07 Å². The van der Waals surface area contributed by atoms with Gasteiger partial charge in [0.15, 0.2) is 11.6 Å². The molecule has 1 aromatic heterocycles. The zero-order valence-electron chi connectivity index (χ0n) is 7.34. The second kappa shape index (κ2) is 3.68. The van der Waals surface area contributed by atoms with Gasteiger partial charge in [0, 0.05) is 17.2 Å². The highest BCUT2D eigenvalue weighted by Crippen LogP contribution is 2.24. The smallest absolute Gasteiger partial charge is 0.166 e. The lowest BCUT2D eigenvalue weighted by Crippen LogP contribution is -1.93. The maximum atomic E-state index is 13.3. The van der Waals surface area contributed by atoms with Gasteiger partial charge in [-0.15, -0.1) is 5.10 Å². The number of halogens is 3. The van der Waals surface area contributed by atoms with E-state index in [-0.39, 0.29) is 11.1 Å². The second-order valence-electron chi connectivity index (χ2n) is 2.81. The normalized spacial score (nSPS) is 10.3. The minimum absolute atomic E-state index is 0.154. The van der Waals surface area contributed by atoms with Crippen molar-refractivity contribution in [3.05, 3.63) is 48.0 Å². The number of rotatable bonds is 1. The summed E-state index contributed by atoms with van der Waals surface area (Å²) in [6.07, 6.45) is 3.63. The Hall–Kier alpha value is -1.91. The monoisotopic (exact) mass is 209 g/mol. The molecule has 2 rings (SSSR count). The molecule has 1 aromatic carbocycles. The van der Waals surface area contributed by atoms with Crippen molar-refractivity contribution in [2.24, 2.45) is 0 Å². The molecule has 0 saturated carbocycles. The predicted molar refractivity (Wildman–Crippen MR) is 46.2 cm³/mol. The van der Waals surface area contributed by atoms with Crippen LogP contribution < -0.4 is 0 Å². The third-order valence-electron chi connectivity index (χ3n) is 1.82. The van der Waals surface area contributed by atoms with Crippen LogP contribution in [0.25, 0.3) is 11.1 Å². The van der Waals surface area contributed by atoms with E-state index in [0.29, 0.717) is 6.07 Å². The molecule has 0 spiro atoms. The fourth-order valence-corrected chi connectivity index (χ4v) is 1.16. The van der Waals surface area contributed by atoms with Crippen molar-refractivity contribution in [1.29, 1.82) is 0 Å². The van der Waals surface area contributed by atoms with Crippen LogP contribution in [-0.4, -0.2) is 10.2 Å². The molecule has 2 nitrogen and oxygen atoms in total. The van der Waals surface area contributed by atoms with Gasteiger partial charge >= 0.3 is 0 Å². The van der Waals surface area contributed by atoms with Crippen LogP contribution in [0.15, 0.2) is 24.4 Å². The maximum Gasteiger partial charge on any atom is 0.166 e. The fraction of sp³-hybridized carbons (Fsp3) is 0. The van der Waals surface area contributed by atoms with Crippen LogP contribution >= 0.6 is 0 Å². The molecule has 0 N–H and O–H groups in total. The van der Waals surface area contributed by atoms with Crippen molar-refractivity contribution in [3.63, 3.8) is 0 Å². The summed E-state index contributed by atoms with van der Waals surface area (Å²) < 4.78 is 39.0. The Morgan fingerprint density at radius 3 is 2.60 bits per heavy atom. The zero-order chi connectivity index (χ0) is 10.8. The first-order chi connectivity index (χ1) is 7.18. The Balaban J connectivity index is 2.63. The quantitative estimate of drug-likeness (QED) is 0.674. The third kappa shape index (κ3) is 1.81. The lowest BCUT2D eigenvalue weighted by Gasteiger charge is -2.02. The molecule has 1 heterocycles. The van der Waals surface area contributed by atoms with Gasteiger partial charge in [0.25, 0.3) is 0 Å². The van der Waals surface area contributed by atoms with Gasteiger partial charge in [-0.3, -0.25) is 0 Å². The van der Waals surface area contributed by atoms with Crippen LogP contribution in [0.5, 0.6) is 0 Å². The minimum Gasteiger partial charge on any atom is -0.207 e. The van der Waals surface area contributed by atoms with E-state index in [1.807, 2.05) is 0 Å². The molecule has 0 fully saturated rings. The lowest BCUT2D eigenvalue weighted by atomic mass is 10.1. The molecule has 0 unspecified atom stereocenters.